The van der Waals surface area contributed by atoms with Crippen molar-refractivity contribution in [1.29, 1.82) is 0 Å². The van der Waals surface area contributed by atoms with Gasteiger partial charge >= 0.3 is 0 Å². The van der Waals surface area contributed by atoms with Crippen LogP contribution < -0.4 is 4.74 Å². The van der Waals surface area contributed by atoms with Crippen molar-refractivity contribution in [2.75, 3.05) is 6.61 Å². The Morgan fingerprint density at radius 1 is 0.913 bits per heavy atom. The van der Waals surface area contributed by atoms with E-state index in [9.17, 15) is 4.39 Å². The van der Waals surface area contributed by atoms with Crippen LogP contribution in [-0.4, -0.2) is 6.61 Å². The minimum absolute atomic E-state index is 0.295. The molecule has 23 heavy (non-hydrogen) atoms. The van der Waals surface area contributed by atoms with Crippen molar-refractivity contribution in [3.8, 4) is 16.9 Å². The Morgan fingerprint density at radius 2 is 1.61 bits per heavy atom. The highest BCUT2D eigenvalue weighted by molar-refractivity contribution is 9.10. The summed E-state index contributed by atoms with van der Waals surface area (Å²) in [5.74, 6) is 0.0245. The highest BCUT2D eigenvalue weighted by Gasteiger charge is 2.14. The molecule has 0 atom stereocenters. The fourth-order valence-corrected chi connectivity index (χ4v) is 2.98. The van der Waals surface area contributed by atoms with Crippen molar-refractivity contribution in [1.82, 2.24) is 0 Å². The topological polar surface area (TPSA) is 9.23 Å². The number of hydrogen-bond acceptors (Lipinski definition) is 1. The Kier molecular flexibility index (Phi) is 7.60. The third-order valence-electron chi connectivity index (χ3n) is 3.88. The van der Waals surface area contributed by atoms with Crippen molar-refractivity contribution >= 4 is 15.9 Å². The molecule has 0 aliphatic heterocycles. The molecular weight excluding hydrogens is 355 g/mol. The molecule has 0 aliphatic carbocycles. The van der Waals surface area contributed by atoms with Gasteiger partial charge in [0.1, 0.15) is 0 Å². The van der Waals surface area contributed by atoms with Gasteiger partial charge < -0.3 is 4.74 Å². The summed E-state index contributed by atoms with van der Waals surface area (Å²) in [5.41, 5.74) is 1.44. The van der Waals surface area contributed by atoms with Gasteiger partial charge in [-0.2, -0.15) is 0 Å². The Morgan fingerprint density at radius 3 is 2.35 bits per heavy atom. The first kappa shape index (κ1) is 18.0. The van der Waals surface area contributed by atoms with Crippen LogP contribution in [0.15, 0.2) is 46.9 Å². The Balaban J connectivity index is 1.96. The van der Waals surface area contributed by atoms with Crippen molar-refractivity contribution in [2.45, 2.75) is 45.4 Å². The van der Waals surface area contributed by atoms with Crippen molar-refractivity contribution < 1.29 is 9.13 Å². The van der Waals surface area contributed by atoms with Crippen LogP contribution in [0.25, 0.3) is 11.1 Å². The van der Waals surface area contributed by atoms with E-state index >= 15 is 0 Å². The van der Waals surface area contributed by atoms with Gasteiger partial charge in [-0.25, -0.2) is 4.39 Å². The highest BCUT2D eigenvalue weighted by atomic mass is 79.9. The van der Waals surface area contributed by atoms with Crippen LogP contribution >= 0.6 is 15.9 Å². The van der Waals surface area contributed by atoms with E-state index in [0.717, 1.165) is 18.4 Å². The molecule has 0 aromatic heterocycles. The SMILES string of the molecule is CCCCCCCCOc1c(Br)ccc(-c2ccccc2)c1F. The molecule has 124 valence electrons. The number of rotatable bonds is 9. The monoisotopic (exact) mass is 378 g/mol. The van der Waals surface area contributed by atoms with Crippen LogP contribution in [0.4, 0.5) is 4.39 Å². The average Bonchev–Trinajstić information content (AvgIpc) is 2.57. The van der Waals surface area contributed by atoms with E-state index in [4.69, 9.17) is 4.74 Å². The summed E-state index contributed by atoms with van der Waals surface area (Å²) in [5, 5.41) is 0. The van der Waals surface area contributed by atoms with Crippen molar-refractivity contribution in [3.05, 3.63) is 52.8 Å². The molecule has 3 heteroatoms. The molecule has 0 saturated carbocycles. The summed E-state index contributed by atoms with van der Waals surface area (Å²) >= 11 is 3.39. The van der Waals surface area contributed by atoms with E-state index < -0.39 is 0 Å². The van der Waals surface area contributed by atoms with Crippen LogP contribution in [0.3, 0.4) is 0 Å². The lowest BCUT2D eigenvalue weighted by molar-refractivity contribution is 0.288. The molecule has 0 fully saturated rings. The second-order valence-corrected chi connectivity index (χ2v) is 6.57. The normalized spacial score (nSPS) is 10.7. The fourth-order valence-electron chi connectivity index (χ4n) is 2.56. The standard InChI is InChI=1S/C20H24BrFO/c1-2-3-4-5-6-10-15-23-20-18(21)14-13-17(19(20)22)16-11-8-7-9-12-16/h7-9,11-14H,2-6,10,15H2,1H3. The molecule has 0 unspecified atom stereocenters. The van der Waals surface area contributed by atoms with E-state index in [1.807, 2.05) is 36.4 Å². The third-order valence-corrected chi connectivity index (χ3v) is 4.50. The molecule has 0 saturated heterocycles. The molecule has 0 radical (unpaired) electrons. The van der Waals surface area contributed by atoms with E-state index in [-0.39, 0.29) is 5.82 Å². The minimum atomic E-state index is -0.295. The quantitative estimate of drug-likeness (QED) is 0.427. The lowest BCUT2D eigenvalue weighted by Gasteiger charge is -2.12. The Labute approximate surface area is 147 Å². The maximum atomic E-state index is 14.7. The van der Waals surface area contributed by atoms with Gasteiger partial charge in [-0.3, -0.25) is 0 Å². The molecule has 0 spiro atoms. The van der Waals surface area contributed by atoms with Crippen molar-refractivity contribution in [3.63, 3.8) is 0 Å². The van der Waals surface area contributed by atoms with Crippen LogP contribution in [0, 0.1) is 5.82 Å². The number of halogens is 2. The van der Waals surface area contributed by atoms with Gasteiger partial charge in [-0.15, -0.1) is 0 Å². The summed E-state index contributed by atoms with van der Waals surface area (Å²) in [6.45, 7) is 2.77. The molecular formula is C20H24BrFO. The summed E-state index contributed by atoms with van der Waals surface area (Å²) in [7, 11) is 0. The average molecular weight is 379 g/mol. The second-order valence-electron chi connectivity index (χ2n) is 5.72. The number of hydrogen-bond donors (Lipinski definition) is 0. The Hall–Kier alpha value is -1.35. The summed E-state index contributed by atoms with van der Waals surface area (Å²) in [6, 6.07) is 13.2. The summed E-state index contributed by atoms with van der Waals surface area (Å²) in [6.07, 6.45) is 7.15. The zero-order chi connectivity index (χ0) is 16.5. The lowest BCUT2D eigenvalue weighted by Crippen LogP contribution is -2.01. The smallest absolute Gasteiger partial charge is 0.174 e. The fraction of sp³-hybridized carbons (Fsp3) is 0.400. The van der Waals surface area contributed by atoms with Gasteiger partial charge in [0.15, 0.2) is 11.6 Å². The van der Waals surface area contributed by atoms with E-state index in [1.165, 1.54) is 25.7 Å². The van der Waals surface area contributed by atoms with Gasteiger partial charge in [-0.1, -0.05) is 75.4 Å². The predicted molar refractivity (Wildman–Crippen MR) is 98.4 cm³/mol. The molecule has 0 bridgehead atoms. The zero-order valence-electron chi connectivity index (χ0n) is 13.7. The summed E-state index contributed by atoms with van der Waals surface area (Å²) in [4.78, 5) is 0. The molecule has 0 N–H and O–H groups in total. The van der Waals surface area contributed by atoms with Gasteiger partial charge in [0.25, 0.3) is 0 Å². The molecule has 0 amide bonds. The molecule has 2 rings (SSSR count). The zero-order valence-corrected chi connectivity index (χ0v) is 15.2. The third kappa shape index (κ3) is 5.35. The summed E-state index contributed by atoms with van der Waals surface area (Å²) < 4.78 is 21.1. The lowest BCUT2D eigenvalue weighted by atomic mass is 10.0. The number of benzene rings is 2. The van der Waals surface area contributed by atoms with Gasteiger partial charge in [0, 0.05) is 5.56 Å². The number of unbranched alkanes of at least 4 members (excludes halogenated alkanes) is 5. The maximum Gasteiger partial charge on any atom is 0.174 e. The van der Waals surface area contributed by atoms with Crippen molar-refractivity contribution in [2.24, 2.45) is 0 Å². The molecule has 0 heterocycles. The van der Waals surface area contributed by atoms with Crippen LogP contribution in [0.1, 0.15) is 45.4 Å². The molecule has 2 aromatic rings. The van der Waals surface area contributed by atoms with E-state index in [1.54, 1.807) is 6.07 Å². The largest absolute Gasteiger partial charge is 0.489 e. The molecule has 0 aliphatic rings. The molecule has 1 nitrogen and oxygen atoms in total. The second kappa shape index (κ2) is 9.71. The first-order valence-corrected chi connectivity index (χ1v) is 9.19. The van der Waals surface area contributed by atoms with Crippen LogP contribution in [-0.2, 0) is 0 Å². The first-order chi connectivity index (χ1) is 11.2. The van der Waals surface area contributed by atoms with Gasteiger partial charge in [-0.05, 0) is 34.0 Å². The van der Waals surface area contributed by atoms with Crippen LogP contribution in [0.5, 0.6) is 5.75 Å². The van der Waals surface area contributed by atoms with Crippen LogP contribution in [0.2, 0.25) is 0 Å². The molecule has 2 aromatic carbocycles. The van der Waals surface area contributed by atoms with E-state index in [0.29, 0.717) is 22.4 Å². The minimum Gasteiger partial charge on any atom is -0.489 e. The Bertz CT molecular complexity index is 598. The highest BCUT2D eigenvalue weighted by Crippen LogP contribution is 2.35. The van der Waals surface area contributed by atoms with Gasteiger partial charge in [0.2, 0.25) is 0 Å². The van der Waals surface area contributed by atoms with E-state index in [2.05, 4.69) is 22.9 Å². The number of ether oxygens (including phenoxy) is 1. The first-order valence-electron chi connectivity index (χ1n) is 8.40. The predicted octanol–water partition coefficient (Wildman–Crippen LogP) is 6.99. The van der Waals surface area contributed by atoms with Gasteiger partial charge in [0.05, 0.1) is 11.1 Å². The maximum absolute atomic E-state index is 14.7.